The summed E-state index contributed by atoms with van der Waals surface area (Å²) in [5.74, 6) is 0.959. The second-order valence-electron chi connectivity index (χ2n) is 6.72. The molecule has 3 atom stereocenters. The second kappa shape index (κ2) is 6.73. The van der Waals surface area contributed by atoms with Crippen LogP contribution in [0.2, 0.25) is 10.0 Å². The molecular formula is C16H20Cl2N2O3S. The van der Waals surface area contributed by atoms with Crippen LogP contribution in [0.4, 0.5) is 5.69 Å². The number of nitrogens with zero attached hydrogens (tertiary/aromatic N) is 1. The van der Waals surface area contributed by atoms with Gasteiger partial charge in [-0.05, 0) is 49.3 Å². The zero-order valence-electron chi connectivity index (χ0n) is 13.3. The Labute approximate surface area is 152 Å². The molecule has 2 aliphatic rings. The lowest BCUT2D eigenvalue weighted by molar-refractivity contribution is -0.120. The Balaban J connectivity index is 1.72. The smallest absolute Gasteiger partial charge is 0.241 e. The van der Waals surface area contributed by atoms with Gasteiger partial charge in [0.25, 0.3) is 0 Å². The van der Waals surface area contributed by atoms with Crippen molar-refractivity contribution in [3.63, 3.8) is 0 Å². The number of sulfonamides is 1. The molecule has 0 saturated heterocycles. The Hall–Kier alpha value is -0.980. The standard InChI is InChI=1S/C16H20Cl2N2O3S/c1-24(22,23)20(12-4-5-13(17)14(18)8-12)9-16(21)19-15-7-10-2-3-11(15)6-10/h4-5,8,10-11,15H,2-3,6-7,9H2,1H3,(H,19,21)/t10-,11-,15+/m1/s1. The van der Waals surface area contributed by atoms with Crippen LogP contribution < -0.4 is 9.62 Å². The number of fused-ring (bicyclic) bond motifs is 2. The molecule has 1 N–H and O–H groups in total. The molecule has 132 valence electrons. The van der Waals surface area contributed by atoms with E-state index in [0.29, 0.717) is 22.5 Å². The molecule has 24 heavy (non-hydrogen) atoms. The van der Waals surface area contributed by atoms with E-state index in [-0.39, 0.29) is 23.5 Å². The van der Waals surface area contributed by atoms with E-state index >= 15 is 0 Å². The summed E-state index contributed by atoms with van der Waals surface area (Å²) in [4.78, 5) is 12.4. The van der Waals surface area contributed by atoms with Crippen molar-refractivity contribution in [3.8, 4) is 0 Å². The van der Waals surface area contributed by atoms with Gasteiger partial charge >= 0.3 is 0 Å². The van der Waals surface area contributed by atoms with E-state index in [0.717, 1.165) is 23.4 Å². The summed E-state index contributed by atoms with van der Waals surface area (Å²) in [6.07, 6.45) is 5.64. The Kier molecular flexibility index (Phi) is 5.00. The number of amides is 1. The van der Waals surface area contributed by atoms with E-state index in [1.165, 1.54) is 25.0 Å². The van der Waals surface area contributed by atoms with Gasteiger partial charge in [0.1, 0.15) is 6.54 Å². The number of hydrogen-bond donors (Lipinski definition) is 1. The van der Waals surface area contributed by atoms with Gasteiger partial charge in [0, 0.05) is 6.04 Å². The van der Waals surface area contributed by atoms with Gasteiger partial charge in [-0.2, -0.15) is 0 Å². The summed E-state index contributed by atoms with van der Waals surface area (Å²) in [5, 5.41) is 3.58. The number of nitrogens with one attached hydrogen (secondary N) is 1. The van der Waals surface area contributed by atoms with Crippen LogP contribution in [-0.4, -0.2) is 33.2 Å². The van der Waals surface area contributed by atoms with Gasteiger partial charge in [-0.1, -0.05) is 29.6 Å². The molecule has 0 unspecified atom stereocenters. The van der Waals surface area contributed by atoms with E-state index in [1.54, 1.807) is 6.07 Å². The monoisotopic (exact) mass is 390 g/mol. The predicted molar refractivity (Wildman–Crippen MR) is 96.0 cm³/mol. The van der Waals surface area contributed by atoms with E-state index in [4.69, 9.17) is 23.2 Å². The van der Waals surface area contributed by atoms with Crippen LogP contribution in [0.15, 0.2) is 18.2 Å². The first-order valence-electron chi connectivity index (χ1n) is 7.96. The minimum atomic E-state index is -3.62. The maximum atomic E-state index is 12.4. The molecule has 1 aromatic rings. The highest BCUT2D eigenvalue weighted by molar-refractivity contribution is 7.92. The quantitative estimate of drug-likeness (QED) is 0.839. The molecule has 0 spiro atoms. The van der Waals surface area contributed by atoms with Crippen LogP contribution in [0.3, 0.4) is 0 Å². The van der Waals surface area contributed by atoms with Crippen LogP contribution in [0, 0.1) is 11.8 Å². The van der Waals surface area contributed by atoms with Crippen LogP contribution in [0.1, 0.15) is 25.7 Å². The number of carbonyl (C=O) groups is 1. The van der Waals surface area contributed by atoms with Crippen molar-refractivity contribution in [2.24, 2.45) is 11.8 Å². The van der Waals surface area contributed by atoms with E-state index in [1.807, 2.05) is 0 Å². The SMILES string of the molecule is CS(=O)(=O)N(CC(=O)N[C@H]1C[C@@H]2CC[C@@H]1C2)c1ccc(Cl)c(Cl)c1. The molecule has 5 nitrogen and oxygen atoms in total. The van der Waals surface area contributed by atoms with Gasteiger partial charge in [-0.3, -0.25) is 9.10 Å². The first-order chi connectivity index (χ1) is 11.2. The average molecular weight is 391 g/mol. The number of carbonyl (C=O) groups excluding carboxylic acids is 1. The van der Waals surface area contributed by atoms with Crippen molar-refractivity contribution in [1.82, 2.24) is 5.32 Å². The normalized spacial score (nSPS) is 25.7. The third-order valence-electron chi connectivity index (χ3n) is 4.96. The van der Waals surface area contributed by atoms with Crippen LogP contribution in [-0.2, 0) is 14.8 Å². The minimum absolute atomic E-state index is 0.173. The number of halogens is 2. The van der Waals surface area contributed by atoms with Crippen molar-refractivity contribution in [2.75, 3.05) is 17.1 Å². The third-order valence-corrected chi connectivity index (χ3v) is 6.84. The predicted octanol–water partition coefficient (Wildman–Crippen LogP) is 3.06. The molecule has 2 fully saturated rings. The van der Waals surface area contributed by atoms with E-state index in [9.17, 15) is 13.2 Å². The Morgan fingerprint density at radius 2 is 2.00 bits per heavy atom. The van der Waals surface area contributed by atoms with Crippen molar-refractivity contribution >= 4 is 44.8 Å². The lowest BCUT2D eigenvalue weighted by Crippen LogP contribution is -2.45. The number of benzene rings is 1. The summed E-state index contributed by atoms with van der Waals surface area (Å²) in [5.41, 5.74) is 0.329. The van der Waals surface area contributed by atoms with Gasteiger partial charge in [0.2, 0.25) is 15.9 Å². The van der Waals surface area contributed by atoms with Gasteiger partial charge < -0.3 is 5.32 Å². The lowest BCUT2D eigenvalue weighted by atomic mass is 9.95. The average Bonchev–Trinajstić information content (AvgIpc) is 3.09. The lowest BCUT2D eigenvalue weighted by Gasteiger charge is -2.26. The van der Waals surface area contributed by atoms with Gasteiger partial charge in [0.05, 0.1) is 22.0 Å². The fourth-order valence-corrected chi connectivity index (χ4v) is 4.99. The summed E-state index contributed by atoms with van der Waals surface area (Å²) in [6, 6.07) is 4.69. The van der Waals surface area contributed by atoms with E-state index < -0.39 is 10.0 Å². The van der Waals surface area contributed by atoms with E-state index in [2.05, 4.69) is 5.32 Å². The molecule has 0 aromatic heterocycles. The summed E-state index contributed by atoms with van der Waals surface area (Å²) in [6.45, 7) is -0.259. The van der Waals surface area contributed by atoms with Crippen molar-refractivity contribution < 1.29 is 13.2 Å². The molecule has 0 aliphatic heterocycles. The first-order valence-corrected chi connectivity index (χ1v) is 10.6. The minimum Gasteiger partial charge on any atom is -0.352 e. The van der Waals surface area contributed by atoms with Crippen LogP contribution >= 0.6 is 23.2 Å². The molecule has 0 heterocycles. The Morgan fingerprint density at radius 3 is 2.54 bits per heavy atom. The molecule has 1 amide bonds. The molecule has 1 aromatic carbocycles. The number of hydrogen-bond acceptors (Lipinski definition) is 3. The zero-order valence-corrected chi connectivity index (χ0v) is 15.7. The summed E-state index contributed by atoms with van der Waals surface area (Å²) < 4.78 is 25.2. The summed E-state index contributed by atoms with van der Waals surface area (Å²) >= 11 is 11.8. The molecule has 2 aliphatic carbocycles. The van der Waals surface area contributed by atoms with Crippen LogP contribution in [0.25, 0.3) is 0 Å². The molecule has 2 saturated carbocycles. The fraction of sp³-hybridized carbons (Fsp3) is 0.562. The van der Waals surface area contributed by atoms with Crippen LogP contribution in [0.5, 0.6) is 0 Å². The summed E-state index contributed by atoms with van der Waals surface area (Å²) in [7, 11) is -3.62. The maximum absolute atomic E-state index is 12.4. The van der Waals surface area contributed by atoms with Gasteiger partial charge in [-0.15, -0.1) is 0 Å². The number of rotatable bonds is 5. The van der Waals surface area contributed by atoms with Crippen molar-refractivity contribution in [3.05, 3.63) is 28.2 Å². The Morgan fingerprint density at radius 1 is 1.25 bits per heavy atom. The van der Waals surface area contributed by atoms with Gasteiger partial charge in [-0.25, -0.2) is 8.42 Å². The zero-order chi connectivity index (χ0) is 17.5. The highest BCUT2D eigenvalue weighted by atomic mass is 35.5. The second-order valence-corrected chi connectivity index (χ2v) is 9.44. The topological polar surface area (TPSA) is 66.5 Å². The van der Waals surface area contributed by atoms with Crippen molar-refractivity contribution in [1.29, 1.82) is 0 Å². The van der Waals surface area contributed by atoms with Gasteiger partial charge in [0.15, 0.2) is 0 Å². The Bertz CT molecular complexity index is 754. The molecule has 3 rings (SSSR count). The third kappa shape index (κ3) is 3.81. The first kappa shape index (κ1) is 17.8. The van der Waals surface area contributed by atoms with Crippen molar-refractivity contribution in [2.45, 2.75) is 31.7 Å². The highest BCUT2D eigenvalue weighted by Gasteiger charge is 2.40. The largest absolute Gasteiger partial charge is 0.352 e. The molecule has 8 heteroatoms. The molecular weight excluding hydrogens is 371 g/mol. The molecule has 2 bridgehead atoms. The maximum Gasteiger partial charge on any atom is 0.241 e. The number of anilines is 1. The fourth-order valence-electron chi connectivity index (χ4n) is 3.84. The molecule has 0 radical (unpaired) electrons. The highest BCUT2D eigenvalue weighted by Crippen LogP contribution is 2.44.